The van der Waals surface area contributed by atoms with Crippen molar-refractivity contribution in [3.8, 4) is 11.5 Å². The van der Waals surface area contributed by atoms with Crippen LogP contribution in [0.4, 0.5) is 0 Å². The van der Waals surface area contributed by atoms with Gasteiger partial charge >= 0.3 is 0 Å². The fourth-order valence-electron chi connectivity index (χ4n) is 2.70. The number of carbonyl (C=O) groups is 1. The second kappa shape index (κ2) is 13.5. The van der Waals surface area contributed by atoms with E-state index in [0.29, 0.717) is 23.3 Å². The average molecular weight is 507 g/mol. The minimum absolute atomic E-state index is 0. The molecule has 1 atom stereocenters. The van der Waals surface area contributed by atoms with Crippen molar-refractivity contribution >= 4 is 56.0 Å². The summed E-state index contributed by atoms with van der Waals surface area (Å²) in [5.74, 6) is 0.918. The zero-order chi connectivity index (χ0) is 23.6. The lowest BCUT2D eigenvalue weighted by atomic mass is 10.1. The predicted octanol–water partition coefficient (Wildman–Crippen LogP) is 1.77. The van der Waals surface area contributed by atoms with Gasteiger partial charge in [-0.05, 0) is 59.5 Å². The lowest BCUT2D eigenvalue weighted by Gasteiger charge is -2.15. The Bertz CT molecular complexity index is 1070. The molecular formula is C18H24Cl2N6O5S. The second-order valence-electron chi connectivity index (χ2n) is 6.14. The number of rotatable bonds is 10. The van der Waals surface area contributed by atoms with Gasteiger partial charge in [-0.3, -0.25) is 9.79 Å². The van der Waals surface area contributed by atoms with Crippen molar-refractivity contribution in [2.24, 2.45) is 16.5 Å². The number of fused-ring (bicyclic) bond motifs is 1. The van der Waals surface area contributed by atoms with E-state index in [0.717, 1.165) is 5.39 Å². The number of ether oxygens (including phenoxy) is 2. The molecule has 0 unspecified atom stereocenters. The van der Waals surface area contributed by atoms with Gasteiger partial charge in [-0.15, -0.1) is 12.4 Å². The number of benzene rings is 2. The number of aliphatic imine (C=N–C) groups is 1. The van der Waals surface area contributed by atoms with E-state index in [1.165, 1.54) is 26.4 Å². The van der Waals surface area contributed by atoms with Crippen molar-refractivity contribution < 1.29 is 22.7 Å². The van der Waals surface area contributed by atoms with E-state index in [-0.39, 0.29) is 36.2 Å². The van der Waals surface area contributed by atoms with Gasteiger partial charge in [0, 0.05) is 17.3 Å². The average Bonchev–Trinajstić information content (AvgIpc) is 2.75. The van der Waals surface area contributed by atoms with Crippen molar-refractivity contribution in [3.63, 3.8) is 0 Å². The maximum Gasteiger partial charge on any atom is 0.241 e. The zero-order valence-corrected chi connectivity index (χ0v) is 19.7. The highest BCUT2D eigenvalue weighted by atomic mass is 35.5. The summed E-state index contributed by atoms with van der Waals surface area (Å²) in [7, 11) is -0.990. The summed E-state index contributed by atoms with van der Waals surface area (Å²) in [5.41, 5.74) is 10.5. The van der Waals surface area contributed by atoms with Crippen molar-refractivity contribution in [2.45, 2.75) is 23.8 Å². The fourth-order valence-corrected chi connectivity index (χ4v) is 4.19. The minimum Gasteiger partial charge on any atom is -0.493 e. The Hall–Kier alpha value is -2.85. The van der Waals surface area contributed by atoms with Crippen LogP contribution in [0.25, 0.3) is 10.8 Å². The van der Waals surface area contributed by atoms with Crippen molar-refractivity contribution in [2.75, 3.05) is 20.8 Å². The highest BCUT2D eigenvalue weighted by Gasteiger charge is 2.24. The van der Waals surface area contributed by atoms with E-state index in [1.807, 2.05) is 0 Å². The number of carbonyl (C=O) groups excluding carboxylic acids is 1. The van der Waals surface area contributed by atoms with Gasteiger partial charge < -0.3 is 20.9 Å². The largest absolute Gasteiger partial charge is 0.493 e. The molecule has 2 aromatic rings. The van der Waals surface area contributed by atoms with E-state index < -0.39 is 21.3 Å². The summed E-state index contributed by atoms with van der Waals surface area (Å²) in [6.45, 7) is 0.252. The van der Waals surface area contributed by atoms with Crippen LogP contribution >= 0.6 is 24.0 Å². The molecule has 5 N–H and O–H groups in total. The van der Waals surface area contributed by atoms with Crippen LogP contribution in [0.5, 0.6) is 11.5 Å². The third-order valence-electron chi connectivity index (χ3n) is 4.14. The first-order valence-electron chi connectivity index (χ1n) is 8.80. The molecule has 0 saturated carbocycles. The zero-order valence-electron chi connectivity index (χ0n) is 17.3. The van der Waals surface area contributed by atoms with Gasteiger partial charge in [-0.25, -0.2) is 8.42 Å². The topological polar surface area (TPSA) is 194 Å². The number of hydrogen-bond acceptors (Lipinski definition) is 8. The maximum atomic E-state index is 12.8. The summed E-state index contributed by atoms with van der Waals surface area (Å²) in [5, 5.41) is 12.6. The molecule has 0 amide bonds. The third-order valence-corrected chi connectivity index (χ3v) is 5.87. The van der Waals surface area contributed by atoms with Gasteiger partial charge in [-0.1, -0.05) is 6.07 Å². The monoisotopic (exact) mass is 506 g/mol. The van der Waals surface area contributed by atoms with E-state index in [9.17, 15) is 13.2 Å². The number of sulfonamides is 1. The molecule has 176 valence electrons. The minimum atomic E-state index is -4.00. The molecule has 0 aliphatic rings. The first-order valence-corrected chi connectivity index (χ1v) is 10.7. The Morgan fingerprint density at radius 2 is 1.69 bits per heavy atom. The Labute approximate surface area is 197 Å². The molecule has 14 heteroatoms. The molecule has 0 bridgehead atoms. The van der Waals surface area contributed by atoms with Crippen LogP contribution in [0, 0.1) is 10.8 Å². The van der Waals surface area contributed by atoms with E-state index in [1.54, 1.807) is 18.2 Å². The number of halogens is 2. The third kappa shape index (κ3) is 8.01. The Morgan fingerprint density at radius 1 is 1.12 bits per heavy atom. The summed E-state index contributed by atoms with van der Waals surface area (Å²) in [4.78, 5) is 15.5. The predicted molar refractivity (Wildman–Crippen MR) is 123 cm³/mol. The molecule has 2 rings (SSSR count). The Balaban J connectivity index is 0.00000311. The number of methoxy groups -OCH3 is 2. The van der Waals surface area contributed by atoms with Crippen LogP contribution < -0.4 is 25.7 Å². The molecule has 0 aromatic heterocycles. The van der Waals surface area contributed by atoms with Gasteiger partial charge in [0.2, 0.25) is 15.3 Å². The Kier molecular flexibility index (Phi) is 12.3. The first-order chi connectivity index (χ1) is 14.7. The van der Waals surface area contributed by atoms with Gasteiger partial charge in [-0.2, -0.15) is 4.72 Å². The normalized spacial score (nSPS) is 11.3. The lowest BCUT2D eigenvalue weighted by Crippen LogP contribution is -2.39. The smallest absolute Gasteiger partial charge is 0.241 e. The van der Waals surface area contributed by atoms with E-state index >= 15 is 0 Å². The summed E-state index contributed by atoms with van der Waals surface area (Å²) in [6.07, 6.45) is 0.523. The molecule has 32 heavy (non-hydrogen) atoms. The van der Waals surface area contributed by atoms with Crippen LogP contribution in [-0.4, -0.2) is 46.4 Å². The van der Waals surface area contributed by atoms with Crippen LogP contribution in [-0.2, 0) is 14.8 Å². The van der Waals surface area contributed by atoms with Gasteiger partial charge in [0.15, 0.2) is 17.5 Å². The van der Waals surface area contributed by atoms with Crippen LogP contribution in [0.3, 0.4) is 0 Å². The van der Waals surface area contributed by atoms with Gasteiger partial charge in [0.25, 0.3) is 0 Å². The van der Waals surface area contributed by atoms with Crippen LogP contribution in [0.1, 0.15) is 12.8 Å². The first kappa shape index (κ1) is 29.1. The number of nitrogens with two attached hydrogens (primary N) is 2. The second-order valence-corrected chi connectivity index (χ2v) is 8.23. The molecule has 11 nitrogen and oxygen atoms in total. The van der Waals surface area contributed by atoms with Gasteiger partial charge in [0.1, 0.15) is 0 Å². The molecule has 0 heterocycles. The molecule has 0 aliphatic heterocycles. The standard InChI is InChI=1S/C18H23ClN4O5S.ClH.N2/c1-27-15-9-11-5-6-13(8-12(11)10-16(15)28-2)29(25,26)23-14(17(19)24)4-3-7-22-18(20)21;;1-2/h5-6,8-10,14,23H,3-4,7H2,1-2H3,(H4,20,21,22);1H;/t14-;;/m0../s1. The van der Waals surface area contributed by atoms with Gasteiger partial charge in [0.05, 0.1) is 25.2 Å². The molecule has 0 radical (unpaired) electrons. The molecule has 0 aliphatic carbocycles. The summed E-state index contributed by atoms with van der Waals surface area (Å²) >= 11 is 5.57. The molecule has 0 saturated heterocycles. The number of hydrogen-bond donors (Lipinski definition) is 3. The molecule has 0 spiro atoms. The molecule has 2 aromatic carbocycles. The molecular weight excluding hydrogens is 483 g/mol. The number of guanidine groups is 1. The highest BCUT2D eigenvalue weighted by molar-refractivity contribution is 7.89. The fraction of sp³-hybridized carbons (Fsp3) is 0.333. The van der Waals surface area contributed by atoms with Crippen LogP contribution in [0.15, 0.2) is 40.2 Å². The number of nitrogens with zero attached hydrogens (tertiary/aromatic N) is 3. The Morgan fingerprint density at radius 3 is 2.19 bits per heavy atom. The van der Waals surface area contributed by atoms with Crippen molar-refractivity contribution in [3.05, 3.63) is 30.3 Å². The summed E-state index contributed by atoms with van der Waals surface area (Å²) < 4.78 is 38.4. The lowest BCUT2D eigenvalue weighted by molar-refractivity contribution is -0.113. The number of nitrogens with one attached hydrogen (secondary N) is 1. The van der Waals surface area contributed by atoms with Crippen LogP contribution in [0.2, 0.25) is 0 Å². The van der Waals surface area contributed by atoms with E-state index in [4.69, 9.17) is 43.3 Å². The molecule has 0 fully saturated rings. The summed E-state index contributed by atoms with van der Waals surface area (Å²) in [6, 6.07) is 6.87. The maximum absolute atomic E-state index is 12.8. The quantitative estimate of drug-likeness (QED) is 0.141. The SMILES string of the molecule is COc1cc2ccc(S(=O)(=O)N[C@@H](CCCN=C(N)N)C(=O)Cl)cc2cc1OC.Cl.N#N. The van der Waals surface area contributed by atoms with Crippen molar-refractivity contribution in [1.82, 2.24) is 4.72 Å². The highest BCUT2D eigenvalue weighted by Crippen LogP contribution is 2.33. The van der Waals surface area contributed by atoms with Crippen molar-refractivity contribution in [1.29, 1.82) is 10.8 Å². The van der Waals surface area contributed by atoms with E-state index in [2.05, 4.69) is 9.71 Å².